The van der Waals surface area contributed by atoms with E-state index in [1.165, 1.54) is 0 Å². The first kappa shape index (κ1) is 27.8. The van der Waals surface area contributed by atoms with E-state index in [0.717, 1.165) is 30.8 Å². The molecule has 1 fully saturated rings. The van der Waals surface area contributed by atoms with E-state index in [9.17, 15) is 4.79 Å². The maximum absolute atomic E-state index is 13.6. The molecule has 1 saturated heterocycles. The number of carbonyl (C=O) groups is 1. The van der Waals surface area contributed by atoms with Gasteiger partial charge in [0, 0.05) is 57.3 Å². The van der Waals surface area contributed by atoms with Gasteiger partial charge in [-0.2, -0.15) is 0 Å². The number of nitrogens with zero attached hydrogens (tertiary/aromatic N) is 1. The Bertz CT molecular complexity index is 967. The Morgan fingerprint density at radius 3 is 2.58 bits per heavy atom. The summed E-state index contributed by atoms with van der Waals surface area (Å²) in [4.78, 5) is 15.5. The predicted molar refractivity (Wildman–Crippen MR) is 139 cm³/mol. The highest BCUT2D eigenvalue weighted by Crippen LogP contribution is 2.29. The second kappa shape index (κ2) is 14.1. The lowest BCUT2D eigenvalue weighted by Crippen LogP contribution is -2.43. The van der Waals surface area contributed by atoms with Gasteiger partial charge in [-0.05, 0) is 49.7 Å². The summed E-state index contributed by atoms with van der Waals surface area (Å²) in [5.41, 5.74) is 1.64. The van der Waals surface area contributed by atoms with E-state index in [1.807, 2.05) is 43.0 Å². The minimum absolute atomic E-state index is 0.0146. The van der Waals surface area contributed by atoms with Gasteiger partial charge in [0.15, 0.2) is 11.5 Å². The van der Waals surface area contributed by atoms with Crippen molar-refractivity contribution in [3.05, 3.63) is 53.6 Å². The number of hydrogen-bond donors (Lipinski definition) is 1. The first-order chi connectivity index (χ1) is 17.5. The topological polar surface area (TPSA) is 78.5 Å². The second-order valence-corrected chi connectivity index (χ2v) is 9.23. The van der Waals surface area contributed by atoms with Gasteiger partial charge in [0.25, 0.3) is 5.91 Å². The van der Waals surface area contributed by atoms with Crippen LogP contribution >= 0.6 is 0 Å². The minimum atomic E-state index is -0.0344. The van der Waals surface area contributed by atoms with Crippen molar-refractivity contribution in [1.29, 1.82) is 0 Å². The summed E-state index contributed by atoms with van der Waals surface area (Å²) in [5.74, 6) is 2.13. The van der Waals surface area contributed by atoms with Crippen LogP contribution in [-0.4, -0.2) is 77.1 Å². The van der Waals surface area contributed by atoms with E-state index in [4.69, 9.17) is 23.7 Å². The van der Waals surface area contributed by atoms with Crippen molar-refractivity contribution < 1.29 is 28.5 Å². The highest BCUT2D eigenvalue weighted by Gasteiger charge is 2.32. The molecule has 8 nitrogen and oxygen atoms in total. The molecule has 1 aliphatic heterocycles. The predicted octanol–water partition coefficient (Wildman–Crippen LogP) is 3.77. The normalized spacial score (nSPS) is 17.3. The van der Waals surface area contributed by atoms with Gasteiger partial charge in [0.1, 0.15) is 5.75 Å². The Morgan fingerprint density at radius 2 is 1.86 bits per heavy atom. The smallest absolute Gasteiger partial charge is 0.254 e. The molecule has 0 unspecified atom stereocenters. The van der Waals surface area contributed by atoms with Crippen LogP contribution < -0.4 is 19.5 Å². The van der Waals surface area contributed by atoms with Crippen molar-refractivity contribution in [3.8, 4) is 17.2 Å². The first-order valence-electron chi connectivity index (χ1n) is 12.5. The molecule has 1 aliphatic rings. The quantitative estimate of drug-likeness (QED) is 0.396. The fourth-order valence-corrected chi connectivity index (χ4v) is 4.31. The van der Waals surface area contributed by atoms with Crippen LogP contribution in [0, 0.1) is 5.92 Å². The van der Waals surface area contributed by atoms with Crippen molar-refractivity contribution in [2.45, 2.75) is 39.0 Å². The summed E-state index contributed by atoms with van der Waals surface area (Å²) in [7, 11) is 4.92. The van der Waals surface area contributed by atoms with Crippen molar-refractivity contribution in [3.63, 3.8) is 0 Å². The van der Waals surface area contributed by atoms with Crippen LogP contribution in [0.3, 0.4) is 0 Å². The maximum atomic E-state index is 13.6. The molecule has 198 valence electrons. The molecule has 2 atom stereocenters. The minimum Gasteiger partial charge on any atom is -0.497 e. The zero-order chi connectivity index (χ0) is 25.9. The molecule has 2 aromatic rings. The number of nitrogens with one attached hydrogen (secondary N) is 1. The first-order valence-corrected chi connectivity index (χ1v) is 12.5. The SMILES string of the molecule is COCCCOc1cc(C(=O)N(C[C@H]2CNC[C@@H]2OCc2cccc(OC)c2)C(C)C)ccc1OC. The number of amides is 1. The van der Waals surface area contributed by atoms with E-state index in [1.54, 1.807) is 39.5 Å². The molecule has 36 heavy (non-hydrogen) atoms. The number of hydrogen-bond acceptors (Lipinski definition) is 7. The van der Waals surface area contributed by atoms with Gasteiger partial charge in [-0.3, -0.25) is 4.79 Å². The lowest BCUT2D eigenvalue weighted by atomic mass is 10.0. The van der Waals surface area contributed by atoms with Gasteiger partial charge in [-0.15, -0.1) is 0 Å². The third-order valence-electron chi connectivity index (χ3n) is 6.35. The largest absolute Gasteiger partial charge is 0.497 e. The molecule has 1 N–H and O–H groups in total. The fourth-order valence-electron chi connectivity index (χ4n) is 4.31. The Hall–Kier alpha value is -2.81. The van der Waals surface area contributed by atoms with E-state index in [-0.39, 0.29) is 24.0 Å². The molecular formula is C28H40N2O6. The van der Waals surface area contributed by atoms with Crippen LogP contribution in [0.25, 0.3) is 0 Å². The third kappa shape index (κ3) is 7.59. The summed E-state index contributed by atoms with van der Waals surface area (Å²) in [5, 5.41) is 3.43. The van der Waals surface area contributed by atoms with Crippen molar-refractivity contribution in [2.75, 3.05) is 54.2 Å². The highest BCUT2D eigenvalue weighted by molar-refractivity contribution is 5.95. The Morgan fingerprint density at radius 1 is 1.03 bits per heavy atom. The van der Waals surface area contributed by atoms with Crippen molar-refractivity contribution >= 4 is 5.91 Å². The molecule has 8 heteroatoms. The summed E-state index contributed by atoms with van der Waals surface area (Å²) in [6, 6.07) is 13.3. The van der Waals surface area contributed by atoms with Crippen LogP contribution in [0.15, 0.2) is 42.5 Å². The molecule has 0 aliphatic carbocycles. The Balaban J connectivity index is 1.67. The van der Waals surface area contributed by atoms with E-state index < -0.39 is 0 Å². The van der Waals surface area contributed by atoms with E-state index in [0.29, 0.717) is 43.4 Å². The van der Waals surface area contributed by atoms with Gasteiger partial charge in [0.2, 0.25) is 0 Å². The Kier molecular flexibility index (Phi) is 10.8. The zero-order valence-electron chi connectivity index (χ0n) is 22.1. The number of carbonyl (C=O) groups excluding carboxylic acids is 1. The molecular weight excluding hydrogens is 460 g/mol. The van der Waals surface area contributed by atoms with Gasteiger partial charge < -0.3 is 33.9 Å². The monoisotopic (exact) mass is 500 g/mol. The molecule has 1 heterocycles. The summed E-state index contributed by atoms with van der Waals surface area (Å²) >= 11 is 0. The second-order valence-electron chi connectivity index (χ2n) is 9.23. The molecule has 0 bridgehead atoms. The zero-order valence-corrected chi connectivity index (χ0v) is 22.1. The number of benzene rings is 2. The Labute approximate surface area is 214 Å². The lowest BCUT2D eigenvalue weighted by Gasteiger charge is -2.31. The average Bonchev–Trinajstić information content (AvgIpc) is 3.35. The van der Waals surface area contributed by atoms with Crippen molar-refractivity contribution in [1.82, 2.24) is 10.2 Å². The average molecular weight is 501 g/mol. The van der Waals surface area contributed by atoms with E-state index in [2.05, 4.69) is 5.32 Å². The molecule has 3 rings (SSSR count). The maximum Gasteiger partial charge on any atom is 0.254 e. The standard InChI is InChI=1S/C28H40N2O6/c1-20(2)30(28(31)22-10-11-25(34-5)26(15-22)35-13-7-12-32-3)18-23-16-29-17-27(23)36-19-21-8-6-9-24(14-21)33-4/h6,8-11,14-15,20,23,27,29H,7,12-13,16-19H2,1-5H3/t23-,27+/m1/s1. The van der Waals surface area contributed by atoms with Crippen LogP contribution in [-0.2, 0) is 16.1 Å². The summed E-state index contributed by atoms with van der Waals surface area (Å²) in [6.45, 7) is 7.83. The van der Waals surface area contributed by atoms with Crippen LogP contribution in [0.5, 0.6) is 17.2 Å². The third-order valence-corrected chi connectivity index (χ3v) is 6.35. The molecule has 2 aromatic carbocycles. The highest BCUT2D eigenvalue weighted by atomic mass is 16.5. The number of methoxy groups -OCH3 is 3. The summed E-state index contributed by atoms with van der Waals surface area (Å²) in [6.07, 6.45) is 0.766. The summed E-state index contributed by atoms with van der Waals surface area (Å²) < 4.78 is 28.0. The van der Waals surface area contributed by atoms with Gasteiger partial charge >= 0.3 is 0 Å². The van der Waals surface area contributed by atoms with Crippen molar-refractivity contribution in [2.24, 2.45) is 5.92 Å². The number of ether oxygens (including phenoxy) is 5. The number of rotatable bonds is 14. The van der Waals surface area contributed by atoms with Gasteiger partial charge in [0.05, 0.1) is 33.5 Å². The van der Waals surface area contributed by atoms with Crippen LogP contribution in [0.4, 0.5) is 0 Å². The van der Waals surface area contributed by atoms with E-state index >= 15 is 0 Å². The van der Waals surface area contributed by atoms with Gasteiger partial charge in [-0.25, -0.2) is 0 Å². The van der Waals surface area contributed by atoms with Gasteiger partial charge in [-0.1, -0.05) is 12.1 Å². The molecule has 0 aromatic heterocycles. The fraction of sp³-hybridized carbons (Fsp3) is 0.536. The lowest BCUT2D eigenvalue weighted by molar-refractivity contribution is 0.0128. The molecule has 0 saturated carbocycles. The molecule has 1 amide bonds. The van der Waals surface area contributed by atoms with Crippen LogP contribution in [0.2, 0.25) is 0 Å². The molecule has 0 spiro atoms. The van der Waals surface area contributed by atoms with Crippen LogP contribution in [0.1, 0.15) is 36.2 Å². The molecule has 0 radical (unpaired) electrons.